The van der Waals surface area contributed by atoms with Crippen molar-refractivity contribution >= 4 is 28.3 Å². The van der Waals surface area contributed by atoms with Crippen molar-refractivity contribution < 1.29 is 4.79 Å². The van der Waals surface area contributed by atoms with Crippen LogP contribution in [0.25, 0.3) is 21.6 Å². The number of fused-ring (bicyclic) bond motifs is 1. The first-order valence-electron chi connectivity index (χ1n) is 7.70. The van der Waals surface area contributed by atoms with Gasteiger partial charge in [-0.3, -0.25) is 4.79 Å². The summed E-state index contributed by atoms with van der Waals surface area (Å²) < 4.78 is 1.87. The Morgan fingerprint density at radius 1 is 1.43 bits per heavy atom. The van der Waals surface area contributed by atoms with Crippen molar-refractivity contribution in [3.05, 3.63) is 35.3 Å². The van der Waals surface area contributed by atoms with E-state index in [1.54, 1.807) is 22.4 Å². The van der Waals surface area contributed by atoms with Crippen molar-refractivity contribution in [2.45, 2.75) is 26.8 Å². The summed E-state index contributed by atoms with van der Waals surface area (Å²) in [4.78, 5) is 20.3. The molecular formula is C17H20N4OS. The number of carbonyl (C=O) groups excluding carboxylic acids is 1. The van der Waals surface area contributed by atoms with Crippen LogP contribution < -0.4 is 0 Å². The lowest BCUT2D eigenvalue weighted by Crippen LogP contribution is -2.26. The minimum absolute atomic E-state index is 0.000937. The molecule has 0 radical (unpaired) electrons. The molecule has 0 bridgehead atoms. The third-order valence-corrected chi connectivity index (χ3v) is 4.77. The second-order valence-corrected chi connectivity index (χ2v) is 6.72. The highest BCUT2D eigenvalue weighted by Gasteiger charge is 2.20. The van der Waals surface area contributed by atoms with Crippen LogP contribution in [-0.4, -0.2) is 39.2 Å². The zero-order valence-electron chi connectivity index (χ0n) is 13.8. The summed E-state index contributed by atoms with van der Waals surface area (Å²) in [6, 6.07) is 6.08. The molecule has 6 heteroatoms. The first kappa shape index (κ1) is 15.7. The molecule has 0 spiro atoms. The second kappa shape index (κ2) is 6.12. The van der Waals surface area contributed by atoms with Crippen LogP contribution in [0.4, 0.5) is 0 Å². The Morgan fingerprint density at radius 3 is 2.83 bits per heavy atom. The quantitative estimate of drug-likeness (QED) is 0.731. The van der Waals surface area contributed by atoms with Crippen LogP contribution in [0.2, 0.25) is 0 Å². The maximum absolute atomic E-state index is 12.8. The lowest BCUT2D eigenvalue weighted by atomic mass is 10.1. The number of rotatable bonds is 4. The van der Waals surface area contributed by atoms with Crippen molar-refractivity contribution in [2.24, 2.45) is 0 Å². The van der Waals surface area contributed by atoms with E-state index < -0.39 is 0 Å². The molecular weight excluding hydrogens is 308 g/mol. The fourth-order valence-corrected chi connectivity index (χ4v) is 3.16. The zero-order valence-corrected chi connectivity index (χ0v) is 14.6. The van der Waals surface area contributed by atoms with Crippen molar-refractivity contribution in [1.82, 2.24) is 19.7 Å². The summed E-state index contributed by atoms with van der Waals surface area (Å²) in [6.45, 7) is 6.75. The Morgan fingerprint density at radius 2 is 2.22 bits per heavy atom. The predicted octanol–water partition coefficient (Wildman–Crippen LogP) is 3.83. The highest BCUT2D eigenvalue weighted by molar-refractivity contribution is 7.13. The Bertz CT molecular complexity index is 836. The molecule has 3 rings (SSSR count). The van der Waals surface area contributed by atoms with Gasteiger partial charge in [0.2, 0.25) is 0 Å². The summed E-state index contributed by atoms with van der Waals surface area (Å²) in [6.07, 6.45) is 1.75. The van der Waals surface area contributed by atoms with E-state index in [1.165, 1.54) is 0 Å². The molecule has 5 nitrogen and oxygen atoms in total. The maximum Gasteiger partial charge on any atom is 0.254 e. The van der Waals surface area contributed by atoms with Gasteiger partial charge >= 0.3 is 0 Å². The van der Waals surface area contributed by atoms with Crippen molar-refractivity contribution in [3.63, 3.8) is 0 Å². The van der Waals surface area contributed by atoms with Gasteiger partial charge in [0.15, 0.2) is 5.65 Å². The number of aromatic nitrogens is 3. The van der Waals surface area contributed by atoms with Gasteiger partial charge in [-0.05, 0) is 38.3 Å². The number of hydrogen-bond acceptors (Lipinski definition) is 4. The van der Waals surface area contributed by atoms with E-state index in [-0.39, 0.29) is 11.9 Å². The van der Waals surface area contributed by atoms with Gasteiger partial charge in [-0.1, -0.05) is 6.07 Å². The number of hydrogen-bond donors (Lipinski definition) is 0. The summed E-state index contributed by atoms with van der Waals surface area (Å²) in [5.74, 6) is 0.000937. The molecule has 0 saturated carbocycles. The maximum atomic E-state index is 12.8. The van der Waals surface area contributed by atoms with Crippen LogP contribution in [-0.2, 0) is 0 Å². The minimum atomic E-state index is 0.000937. The monoisotopic (exact) mass is 328 g/mol. The summed E-state index contributed by atoms with van der Waals surface area (Å²) in [5, 5.41) is 7.26. The van der Waals surface area contributed by atoms with Crippen LogP contribution in [0.3, 0.4) is 0 Å². The molecule has 0 unspecified atom stereocenters. The van der Waals surface area contributed by atoms with Gasteiger partial charge < -0.3 is 4.90 Å². The molecule has 3 aromatic rings. The van der Waals surface area contributed by atoms with Gasteiger partial charge in [0, 0.05) is 19.6 Å². The lowest BCUT2D eigenvalue weighted by molar-refractivity contribution is 0.0804. The van der Waals surface area contributed by atoms with Crippen molar-refractivity contribution in [3.8, 4) is 10.6 Å². The molecule has 3 heterocycles. The fraction of sp³-hybridized carbons (Fsp3) is 0.353. The van der Waals surface area contributed by atoms with E-state index in [1.807, 2.05) is 42.2 Å². The SMILES string of the molecule is CCN(C)C(=O)c1cc(-c2cccs2)nc2c1cnn2C(C)C. The zero-order chi connectivity index (χ0) is 16.6. The van der Waals surface area contributed by atoms with Gasteiger partial charge in [-0.25, -0.2) is 9.67 Å². The summed E-state index contributed by atoms with van der Waals surface area (Å²) >= 11 is 1.62. The number of nitrogens with zero attached hydrogens (tertiary/aromatic N) is 4. The van der Waals surface area contributed by atoms with Gasteiger partial charge in [0.25, 0.3) is 5.91 Å². The molecule has 0 atom stereocenters. The molecule has 120 valence electrons. The number of amides is 1. The lowest BCUT2D eigenvalue weighted by Gasteiger charge is -2.16. The van der Waals surface area contributed by atoms with E-state index in [2.05, 4.69) is 18.9 Å². The Balaban J connectivity index is 2.27. The van der Waals surface area contributed by atoms with Crippen molar-refractivity contribution in [1.29, 1.82) is 0 Å². The molecule has 0 aromatic carbocycles. The van der Waals surface area contributed by atoms with Crippen LogP contribution in [0.15, 0.2) is 29.8 Å². The fourth-order valence-electron chi connectivity index (χ4n) is 2.47. The largest absolute Gasteiger partial charge is 0.342 e. The highest BCUT2D eigenvalue weighted by atomic mass is 32.1. The average Bonchev–Trinajstić information content (AvgIpc) is 3.21. The topological polar surface area (TPSA) is 51.0 Å². The van der Waals surface area contributed by atoms with Gasteiger partial charge in [-0.15, -0.1) is 11.3 Å². The Kier molecular flexibility index (Phi) is 4.17. The first-order valence-corrected chi connectivity index (χ1v) is 8.58. The van der Waals surface area contributed by atoms with E-state index in [9.17, 15) is 4.79 Å². The van der Waals surface area contributed by atoms with Crippen LogP contribution in [0.5, 0.6) is 0 Å². The minimum Gasteiger partial charge on any atom is -0.342 e. The molecule has 1 amide bonds. The number of carbonyl (C=O) groups is 1. The summed E-state index contributed by atoms with van der Waals surface area (Å²) in [7, 11) is 1.81. The molecule has 0 N–H and O–H groups in total. The molecule has 0 aliphatic heterocycles. The van der Waals surface area contributed by atoms with Gasteiger partial charge in [0.05, 0.1) is 27.7 Å². The molecule has 3 aromatic heterocycles. The van der Waals surface area contributed by atoms with Crippen LogP contribution in [0.1, 0.15) is 37.2 Å². The van der Waals surface area contributed by atoms with E-state index in [0.29, 0.717) is 12.1 Å². The first-order chi connectivity index (χ1) is 11.0. The number of pyridine rings is 1. The van der Waals surface area contributed by atoms with Gasteiger partial charge in [-0.2, -0.15) is 5.10 Å². The van der Waals surface area contributed by atoms with Crippen LogP contribution >= 0.6 is 11.3 Å². The van der Waals surface area contributed by atoms with E-state index >= 15 is 0 Å². The summed E-state index contributed by atoms with van der Waals surface area (Å²) in [5.41, 5.74) is 2.25. The molecule has 0 aliphatic rings. The van der Waals surface area contributed by atoms with E-state index in [4.69, 9.17) is 4.98 Å². The molecule has 0 aliphatic carbocycles. The average molecular weight is 328 g/mol. The highest BCUT2D eigenvalue weighted by Crippen LogP contribution is 2.29. The van der Waals surface area contributed by atoms with E-state index in [0.717, 1.165) is 21.6 Å². The van der Waals surface area contributed by atoms with Gasteiger partial charge in [0.1, 0.15) is 0 Å². The Labute approximate surface area is 139 Å². The third kappa shape index (κ3) is 2.74. The third-order valence-electron chi connectivity index (χ3n) is 3.88. The molecule has 0 saturated heterocycles. The second-order valence-electron chi connectivity index (χ2n) is 5.77. The normalized spacial score (nSPS) is 11.3. The predicted molar refractivity (Wildman–Crippen MR) is 93.9 cm³/mol. The standard InChI is InChI=1S/C17H20N4OS/c1-5-20(4)17(22)12-9-14(15-7-6-8-23-15)19-16-13(12)10-18-21(16)11(2)3/h6-11H,5H2,1-4H3. The van der Waals surface area contributed by atoms with Crippen LogP contribution in [0, 0.1) is 0 Å². The smallest absolute Gasteiger partial charge is 0.254 e. The molecule has 23 heavy (non-hydrogen) atoms. The Hall–Kier alpha value is -2.21. The van der Waals surface area contributed by atoms with Crippen molar-refractivity contribution in [2.75, 3.05) is 13.6 Å². The number of thiophene rings is 1. The molecule has 0 fully saturated rings.